The number of likely N-dealkylation sites (N-methyl/N-ethyl adjacent to an activating group) is 1. The quantitative estimate of drug-likeness (QED) is 0.729. The Bertz CT molecular complexity index is 317. The van der Waals surface area contributed by atoms with Crippen molar-refractivity contribution in [3.8, 4) is 0 Å². The second kappa shape index (κ2) is 3.75. The van der Waals surface area contributed by atoms with Gasteiger partial charge in [-0.25, -0.2) is 4.79 Å². The van der Waals surface area contributed by atoms with Crippen LogP contribution in [-0.2, 0) is 4.79 Å². The first-order valence-corrected chi connectivity index (χ1v) is 4.38. The monoisotopic (exact) mass is 195 g/mol. The van der Waals surface area contributed by atoms with Gasteiger partial charge < -0.3 is 9.59 Å². The Morgan fingerprint density at radius 1 is 1.43 bits per heavy atom. The molecule has 0 radical (unpaired) electrons. The topological polar surface area (TPSA) is 50.2 Å². The molecular weight excluding hydrogens is 180 g/mol. The smallest absolute Gasteiger partial charge is 0.369 e. The predicted molar refractivity (Wildman–Crippen MR) is 52.6 cm³/mol. The van der Waals surface area contributed by atoms with Crippen LogP contribution in [0, 0.1) is 0 Å². The van der Waals surface area contributed by atoms with Gasteiger partial charge in [0.05, 0.1) is 21.1 Å². The van der Waals surface area contributed by atoms with E-state index in [-0.39, 0.29) is 0 Å². The molecule has 0 fully saturated rings. The average molecular weight is 195 g/mol. The maximum atomic E-state index is 11.1. The van der Waals surface area contributed by atoms with Gasteiger partial charge in [0.15, 0.2) is 0 Å². The van der Waals surface area contributed by atoms with Crippen LogP contribution in [0.5, 0.6) is 0 Å². The molecule has 1 atom stereocenters. The Balaban J connectivity index is 3.08. The van der Waals surface area contributed by atoms with Crippen molar-refractivity contribution in [2.75, 3.05) is 21.1 Å². The number of carboxylic acid groups (broad SMARTS) is 1. The fourth-order valence-corrected chi connectivity index (χ4v) is 1.39. The average Bonchev–Trinajstić information content (AvgIpc) is 2.02. The van der Waals surface area contributed by atoms with Crippen molar-refractivity contribution < 1.29 is 14.4 Å². The van der Waals surface area contributed by atoms with Gasteiger partial charge in [0.25, 0.3) is 0 Å². The van der Waals surface area contributed by atoms with Gasteiger partial charge in [-0.2, -0.15) is 0 Å². The van der Waals surface area contributed by atoms with Crippen LogP contribution < -0.4 is 0 Å². The van der Waals surface area contributed by atoms with Gasteiger partial charge in [-0.15, -0.1) is 0 Å². The molecule has 0 aliphatic rings. The van der Waals surface area contributed by atoms with E-state index in [0.717, 1.165) is 0 Å². The molecule has 0 aliphatic carbocycles. The lowest BCUT2D eigenvalue weighted by atomic mass is 10.1. The van der Waals surface area contributed by atoms with Gasteiger partial charge in [-0.3, -0.25) is 4.98 Å². The molecule has 0 spiro atoms. The van der Waals surface area contributed by atoms with Crippen LogP contribution in [0.2, 0.25) is 0 Å². The molecule has 0 amide bonds. The zero-order valence-electron chi connectivity index (χ0n) is 8.64. The molecule has 4 nitrogen and oxygen atoms in total. The van der Waals surface area contributed by atoms with Gasteiger partial charge in [-0.1, -0.05) is 6.07 Å². The van der Waals surface area contributed by atoms with Gasteiger partial charge in [-0.05, 0) is 12.1 Å². The summed E-state index contributed by atoms with van der Waals surface area (Å²) in [5.74, 6) is -0.851. The third-order valence-electron chi connectivity index (χ3n) is 1.98. The van der Waals surface area contributed by atoms with Gasteiger partial charge >= 0.3 is 5.97 Å². The summed E-state index contributed by atoms with van der Waals surface area (Å²) in [6.45, 7) is 0. The number of rotatable bonds is 3. The highest BCUT2D eigenvalue weighted by atomic mass is 16.4. The molecule has 1 rings (SSSR count). The molecular formula is C10H15N2O2+. The van der Waals surface area contributed by atoms with E-state index in [1.54, 1.807) is 24.4 Å². The summed E-state index contributed by atoms with van der Waals surface area (Å²) in [7, 11) is 5.52. The van der Waals surface area contributed by atoms with Crippen LogP contribution in [0.15, 0.2) is 24.4 Å². The highest BCUT2D eigenvalue weighted by Gasteiger charge is 2.34. The van der Waals surface area contributed by atoms with Crippen molar-refractivity contribution in [3.05, 3.63) is 30.1 Å². The first-order chi connectivity index (χ1) is 6.43. The standard InChI is InChI=1S/C10H14N2O2/c1-12(2,3)9(10(13)14)8-6-4-5-7-11-8/h4-7,9H,1-3H3/p+1. The van der Waals surface area contributed by atoms with Crippen molar-refractivity contribution in [2.45, 2.75) is 6.04 Å². The van der Waals surface area contributed by atoms with E-state index in [2.05, 4.69) is 4.98 Å². The van der Waals surface area contributed by atoms with Crippen molar-refractivity contribution in [1.82, 2.24) is 4.98 Å². The molecule has 1 aromatic heterocycles. The molecule has 0 bridgehead atoms. The second-order valence-corrected chi connectivity index (χ2v) is 4.11. The van der Waals surface area contributed by atoms with E-state index in [1.807, 2.05) is 21.1 Å². The Hall–Kier alpha value is -1.42. The minimum Gasteiger partial charge on any atom is -0.477 e. The van der Waals surface area contributed by atoms with Crippen LogP contribution in [0.3, 0.4) is 0 Å². The SMILES string of the molecule is C[N+](C)(C)C(C(=O)O)c1ccccn1. The Labute approximate surface area is 83.4 Å². The number of aromatic nitrogens is 1. The molecule has 1 heterocycles. The van der Waals surface area contributed by atoms with E-state index < -0.39 is 12.0 Å². The van der Waals surface area contributed by atoms with E-state index in [0.29, 0.717) is 10.2 Å². The summed E-state index contributed by atoms with van der Waals surface area (Å²) in [4.78, 5) is 15.2. The number of quaternary nitrogens is 1. The van der Waals surface area contributed by atoms with Gasteiger partial charge in [0.2, 0.25) is 6.04 Å². The number of hydrogen-bond donors (Lipinski definition) is 1. The molecule has 0 saturated heterocycles. The fraction of sp³-hybridized carbons (Fsp3) is 0.400. The van der Waals surface area contributed by atoms with Crippen LogP contribution >= 0.6 is 0 Å². The lowest BCUT2D eigenvalue weighted by molar-refractivity contribution is -0.893. The molecule has 0 aromatic carbocycles. The zero-order chi connectivity index (χ0) is 10.8. The molecule has 1 aromatic rings. The highest BCUT2D eigenvalue weighted by Crippen LogP contribution is 2.20. The summed E-state index contributed by atoms with van der Waals surface area (Å²) in [6.07, 6.45) is 1.61. The number of carbonyl (C=O) groups is 1. The third-order valence-corrected chi connectivity index (χ3v) is 1.98. The molecule has 14 heavy (non-hydrogen) atoms. The van der Waals surface area contributed by atoms with Crippen LogP contribution in [0.4, 0.5) is 0 Å². The van der Waals surface area contributed by atoms with E-state index in [9.17, 15) is 4.79 Å². The largest absolute Gasteiger partial charge is 0.477 e. The van der Waals surface area contributed by atoms with E-state index >= 15 is 0 Å². The Morgan fingerprint density at radius 2 is 2.07 bits per heavy atom. The van der Waals surface area contributed by atoms with Crippen LogP contribution in [0.25, 0.3) is 0 Å². The summed E-state index contributed by atoms with van der Waals surface area (Å²) in [5, 5.41) is 9.11. The fourth-order valence-electron chi connectivity index (χ4n) is 1.39. The number of nitrogens with zero attached hydrogens (tertiary/aromatic N) is 2. The first-order valence-electron chi connectivity index (χ1n) is 4.38. The number of hydrogen-bond acceptors (Lipinski definition) is 2. The number of carboxylic acids is 1. The highest BCUT2D eigenvalue weighted by molar-refractivity contribution is 5.73. The van der Waals surface area contributed by atoms with Gasteiger partial charge in [0.1, 0.15) is 5.69 Å². The summed E-state index contributed by atoms with van der Waals surface area (Å²) in [6, 6.07) is 4.70. The Kier molecular flexibility index (Phi) is 2.86. The molecule has 1 N–H and O–H groups in total. The van der Waals surface area contributed by atoms with Crippen LogP contribution in [-0.4, -0.2) is 41.7 Å². The molecule has 0 aliphatic heterocycles. The predicted octanol–water partition coefficient (Wildman–Crippen LogP) is 0.913. The van der Waals surface area contributed by atoms with Gasteiger partial charge in [0, 0.05) is 6.20 Å². The molecule has 76 valence electrons. The minimum atomic E-state index is -0.851. The van der Waals surface area contributed by atoms with Crippen molar-refractivity contribution in [2.24, 2.45) is 0 Å². The van der Waals surface area contributed by atoms with Crippen LogP contribution in [0.1, 0.15) is 11.7 Å². The molecule has 0 saturated carbocycles. The maximum absolute atomic E-state index is 11.1. The summed E-state index contributed by atoms with van der Waals surface area (Å²) < 4.78 is 0.326. The third kappa shape index (κ3) is 2.29. The lowest BCUT2D eigenvalue weighted by Gasteiger charge is -2.30. The summed E-state index contributed by atoms with van der Waals surface area (Å²) in [5.41, 5.74) is 0.590. The molecule has 4 heteroatoms. The number of aliphatic carboxylic acids is 1. The molecule has 1 unspecified atom stereocenters. The first kappa shape index (κ1) is 10.7. The van der Waals surface area contributed by atoms with E-state index in [1.165, 1.54) is 0 Å². The zero-order valence-corrected chi connectivity index (χ0v) is 8.64. The Morgan fingerprint density at radius 3 is 2.43 bits per heavy atom. The second-order valence-electron chi connectivity index (χ2n) is 4.11. The van der Waals surface area contributed by atoms with E-state index in [4.69, 9.17) is 5.11 Å². The normalized spacial score (nSPS) is 13.6. The van der Waals surface area contributed by atoms with Crippen molar-refractivity contribution in [3.63, 3.8) is 0 Å². The van der Waals surface area contributed by atoms with Crippen molar-refractivity contribution in [1.29, 1.82) is 0 Å². The lowest BCUT2D eigenvalue weighted by Crippen LogP contribution is -2.43. The minimum absolute atomic E-state index is 0.326. The summed E-state index contributed by atoms with van der Waals surface area (Å²) >= 11 is 0. The van der Waals surface area contributed by atoms with Crippen molar-refractivity contribution >= 4 is 5.97 Å². The maximum Gasteiger partial charge on any atom is 0.369 e. The number of pyridine rings is 1.